The van der Waals surface area contributed by atoms with Gasteiger partial charge in [-0.2, -0.15) is 0 Å². The van der Waals surface area contributed by atoms with E-state index in [1.807, 2.05) is 0 Å². The van der Waals surface area contributed by atoms with Gasteiger partial charge in [-0.3, -0.25) is 9.59 Å². The third kappa shape index (κ3) is 2.97. The predicted molar refractivity (Wildman–Crippen MR) is 80.6 cm³/mol. The average molecular weight is 328 g/mol. The fourth-order valence-electron chi connectivity index (χ4n) is 2.33. The highest BCUT2D eigenvalue weighted by Gasteiger charge is 2.35. The molecule has 0 radical (unpaired) electrons. The van der Waals surface area contributed by atoms with Crippen LogP contribution in [-0.4, -0.2) is 30.3 Å². The molecule has 0 bridgehead atoms. The van der Waals surface area contributed by atoms with Crippen LogP contribution >= 0.6 is 11.6 Å². The van der Waals surface area contributed by atoms with Gasteiger partial charge in [0.05, 0.1) is 10.4 Å². The summed E-state index contributed by atoms with van der Waals surface area (Å²) in [5.41, 5.74) is -0.656. The molecule has 1 aliphatic heterocycles. The average Bonchev–Trinajstić information content (AvgIpc) is 2.97. The first-order valence-corrected chi connectivity index (χ1v) is 7.42. The summed E-state index contributed by atoms with van der Waals surface area (Å²) in [4.78, 5) is 23.7. The van der Waals surface area contributed by atoms with Gasteiger partial charge in [0.15, 0.2) is 11.5 Å². The zero-order valence-corrected chi connectivity index (χ0v) is 13.2. The molecule has 0 atom stereocenters. The van der Waals surface area contributed by atoms with Crippen molar-refractivity contribution in [2.24, 2.45) is 5.41 Å². The number of fused-ring (bicyclic) bond motifs is 1. The lowest BCUT2D eigenvalue weighted by molar-refractivity contribution is -0.149. The third-order valence-corrected chi connectivity index (χ3v) is 4.36. The highest BCUT2D eigenvalue weighted by atomic mass is 35.5. The van der Waals surface area contributed by atoms with Crippen molar-refractivity contribution in [1.29, 1.82) is 0 Å². The van der Waals surface area contributed by atoms with Crippen molar-refractivity contribution in [3.05, 3.63) is 22.7 Å². The van der Waals surface area contributed by atoms with Crippen molar-refractivity contribution < 1.29 is 24.2 Å². The number of halogens is 1. The first-order valence-electron chi connectivity index (χ1n) is 7.04. The SMILES string of the molecule is CCC(CC)(CNC(=O)c1cc(Cl)c2c(c1)OCO2)C(=O)O. The van der Waals surface area contributed by atoms with Crippen molar-refractivity contribution >= 4 is 23.5 Å². The molecular formula is C15H18ClNO5. The summed E-state index contributed by atoms with van der Waals surface area (Å²) in [6.45, 7) is 3.70. The van der Waals surface area contributed by atoms with Crippen molar-refractivity contribution in [3.8, 4) is 11.5 Å². The Labute approximate surface area is 133 Å². The van der Waals surface area contributed by atoms with Gasteiger partial charge in [-0.15, -0.1) is 0 Å². The minimum atomic E-state index is -0.963. The number of carboxylic acids is 1. The minimum Gasteiger partial charge on any atom is -0.481 e. The first kappa shape index (κ1) is 16.4. The molecule has 7 heteroatoms. The number of ether oxygens (including phenoxy) is 2. The van der Waals surface area contributed by atoms with Gasteiger partial charge in [-0.05, 0) is 25.0 Å². The third-order valence-electron chi connectivity index (χ3n) is 4.08. The fourth-order valence-corrected chi connectivity index (χ4v) is 2.59. The second-order valence-corrected chi connectivity index (χ2v) is 5.57. The maximum Gasteiger partial charge on any atom is 0.311 e. The Morgan fingerprint density at radius 3 is 2.59 bits per heavy atom. The van der Waals surface area contributed by atoms with Crippen LogP contribution in [0.5, 0.6) is 11.5 Å². The molecule has 0 aliphatic carbocycles. The smallest absolute Gasteiger partial charge is 0.311 e. The monoisotopic (exact) mass is 327 g/mol. The lowest BCUT2D eigenvalue weighted by Crippen LogP contribution is -2.42. The quantitative estimate of drug-likeness (QED) is 0.839. The number of rotatable bonds is 6. The fraction of sp³-hybridized carbons (Fsp3) is 0.467. The molecule has 120 valence electrons. The summed E-state index contributed by atoms with van der Waals surface area (Å²) in [6.07, 6.45) is 0.863. The van der Waals surface area contributed by atoms with Gasteiger partial charge < -0.3 is 19.9 Å². The van der Waals surface area contributed by atoms with Gasteiger partial charge in [-0.25, -0.2) is 0 Å². The second kappa shape index (κ2) is 6.44. The summed E-state index contributed by atoms with van der Waals surface area (Å²) >= 11 is 6.03. The molecule has 1 aromatic carbocycles. The van der Waals surface area contributed by atoms with Crippen LogP contribution in [0.25, 0.3) is 0 Å². The van der Waals surface area contributed by atoms with E-state index in [9.17, 15) is 14.7 Å². The standard InChI is InChI=1S/C15H18ClNO5/c1-3-15(4-2,14(19)20)7-17-13(18)9-5-10(16)12-11(6-9)21-8-22-12/h5-6H,3-4,7-8H2,1-2H3,(H,17,18)(H,19,20). The molecule has 1 amide bonds. The maximum absolute atomic E-state index is 12.2. The van der Waals surface area contributed by atoms with E-state index >= 15 is 0 Å². The molecule has 0 spiro atoms. The van der Waals surface area contributed by atoms with E-state index in [4.69, 9.17) is 21.1 Å². The number of aliphatic carboxylic acids is 1. The zero-order valence-electron chi connectivity index (χ0n) is 12.4. The van der Waals surface area contributed by atoms with Gasteiger partial charge in [-0.1, -0.05) is 25.4 Å². The summed E-state index contributed by atoms with van der Waals surface area (Å²) in [6, 6.07) is 3.01. The number of carbonyl (C=O) groups is 2. The second-order valence-electron chi connectivity index (χ2n) is 5.17. The lowest BCUT2D eigenvalue weighted by Gasteiger charge is -2.26. The molecule has 1 aliphatic rings. The molecule has 1 aromatic rings. The Balaban J connectivity index is 2.13. The molecule has 22 heavy (non-hydrogen) atoms. The summed E-state index contributed by atoms with van der Waals surface area (Å²) in [7, 11) is 0. The van der Waals surface area contributed by atoms with Gasteiger partial charge in [0.25, 0.3) is 5.91 Å². The molecular weight excluding hydrogens is 310 g/mol. The molecule has 0 aromatic heterocycles. The summed E-state index contributed by atoms with van der Waals surface area (Å²) < 4.78 is 10.4. The number of benzene rings is 1. The number of carbonyl (C=O) groups excluding carboxylic acids is 1. The van der Waals surface area contributed by atoms with Gasteiger partial charge in [0, 0.05) is 12.1 Å². The van der Waals surface area contributed by atoms with E-state index in [1.54, 1.807) is 13.8 Å². The molecule has 0 saturated heterocycles. The molecule has 1 heterocycles. The van der Waals surface area contributed by atoms with Gasteiger partial charge >= 0.3 is 5.97 Å². The Bertz CT molecular complexity index is 598. The molecule has 2 rings (SSSR count). The first-order chi connectivity index (χ1) is 10.4. The summed E-state index contributed by atoms with van der Waals surface area (Å²) in [5, 5.41) is 12.3. The normalized spacial score (nSPS) is 13.0. The van der Waals surface area contributed by atoms with Crippen LogP contribution in [0.15, 0.2) is 12.1 Å². The molecule has 2 N–H and O–H groups in total. The Morgan fingerprint density at radius 2 is 2.00 bits per heavy atom. The Hall–Kier alpha value is -1.95. The molecule has 6 nitrogen and oxygen atoms in total. The topological polar surface area (TPSA) is 84.9 Å². The van der Waals surface area contributed by atoms with Crippen molar-refractivity contribution in [2.75, 3.05) is 13.3 Å². The van der Waals surface area contributed by atoms with Crippen LogP contribution in [0.1, 0.15) is 37.0 Å². The van der Waals surface area contributed by atoms with E-state index < -0.39 is 17.3 Å². The number of hydrogen-bond donors (Lipinski definition) is 2. The van der Waals surface area contributed by atoms with Crippen molar-refractivity contribution in [1.82, 2.24) is 5.32 Å². The van der Waals surface area contributed by atoms with E-state index in [2.05, 4.69) is 5.32 Å². The zero-order chi connectivity index (χ0) is 16.3. The Kier molecular flexibility index (Phi) is 4.81. The van der Waals surface area contributed by atoms with Crippen LogP contribution in [-0.2, 0) is 4.79 Å². The van der Waals surface area contributed by atoms with Crippen LogP contribution < -0.4 is 14.8 Å². The number of amides is 1. The highest BCUT2D eigenvalue weighted by Crippen LogP contribution is 2.39. The van der Waals surface area contributed by atoms with Crippen LogP contribution in [0.4, 0.5) is 0 Å². The van der Waals surface area contributed by atoms with E-state index in [1.165, 1.54) is 12.1 Å². The van der Waals surface area contributed by atoms with E-state index in [-0.39, 0.29) is 18.4 Å². The largest absolute Gasteiger partial charge is 0.481 e. The minimum absolute atomic E-state index is 0.0558. The Morgan fingerprint density at radius 1 is 1.32 bits per heavy atom. The number of hydrogen-bond acceptors (Lipinski definition) is 4. The maximum atomic E-state index is 12.2. The van der Waals surface area contributed by atoms with Crippen LogP contribution in [0.3, 0.4) is 0 Å². The van der Waals surface area contributed by atoms with E-state index in [0.717, 1.165) is 0 Å². The van der Waals surface area contributed by atoms with E-state index in [0.29, 0.717) is 29.9 Å². The lowest BCUT2D eigenvalue weighted by atomic mass is 9.82. The molecule has 0 fully saturated rings. The molecule has 0 unspecified atom stereocenters. The highest BCUT2D eigenvalue weighted by molar-refractivity contribution is 6.32. The van der Waals surface area contributed by atoms with Gasteiger partial charge in [0.2, 0.25) is 6.79 Å². The van der Waals surface area contributed by atoms with Crippen molar-refractivity contribution in [3.63, 3.8) is 0 Å². The number of nitrogens with one attached hydrogen (secondary N) is 1. The summed E-state index contributed by atoms with van der Waals surface area (Å²) in [5.74, 6) is -0.484. The number of carboxylic acid groups (broad SMARTS) is 1. The van der Waals surface area contributed by atoms with Crippen molar-refractivity contribution in [2.45, 2.75) is 26.7 Å². The van der Waals surface area contributed by atoms with Crippen LogP contribution in [0, 0.1) is 5.41 Å². The van der Waals surface area contributed by atoms with Gasteiger partial charge in [0.1, 0.15) is 0 Å². The predicted octanol–water partition coefficient (Wildman–Crippen LogP) is 2.69. The molecule has 0 saturated carbocycles. The van der Waals surface area contributed by atoms with Crippen LogP contribution in [0.2, 0.25) is 5.02 Å².